The quantitative estimate of drug-likeness (QED) is 0.799. The van der Waals surface area contributed by atoms with E-state index in [-0.39, 0.29) is 0 Å². The average Bonchev–Trinajstić information content (AvgIpc) is 2.49. The third-order valence-electron chi connectivity index (χ3n) is 4.01. The van der Waals surface area contributed by atoms with Gasteiger partial charge in [0.05, 0.1) is 0 Å². The maximum absolute atomic E-state index is 12.2. The summed E-state index contributed by atoms with van der Waals surface area (Å²) < 4.78 is 5.44. The van der Waals surface area contributed by atoms with E-state index in [1.807, 2.05) is 30.3 Å². The van der Waals surface area contributed by atoms with E-state index in [4.69, 9.17) is 16.2 Å². The lowest BCUT2D eigenvalue weighted by molar-refractivity contribution is -0.172. The summed E-state index contributed by atoms with van der Waals surface area (Å²) in [5.74, 6) is -1.12. The fourth-order valence-corrected chi connectivity index (χ4v) is 2.74. The number of carbonyl (C=O) groups excluding carboxylic acids is 2. The first-order valence-corrected chi connectivity index (χ1v) is 7.36. The molecule has 0 bridgehead atoms. The van der Waals surface area contributed by atoms with Crippen LogP contribution >= 0.6 is 0 Å². The van der Waals surface area contributed by atoms with E-state index in [2.05, 4.69) is 0 Å². The molecule has 1 aliphatic carbocycles. The third-order valence-corrected chi connectivity index (χ3v) is 4.01. The Balaban J connectivity index is 2.00. The van der Waals surface area contributed by atoms with Crippen molar-refractivity contribution in [1.29, 1.82) is 0 Å². The van der Waals surface area contributed by atoms with Gasteiger partial charge in [0, 0.05) is 0 Å². The lowest BCUT2D eigenvalue weighted by Gasteiger charge is -2.34. The molecule has 1 fully saturated rings. The zero-order chi connectivity index (χ0) is 15.3. The van der Waals surface area contributed by atoms with Crippen molar-refractivity contribution in [3.8, 4) is 0 Å². The molecule has 0 aromatic heterocycles. The van der Waals surface area contributed by atoms with Gasteiger partial charge in [0.15, 0.2) is 5.60 Å². The van der Waals surface area contributed by atoms with E-state index in [9.17, 15) is 9.59 Å². The van der Waals surface area contributed by atoms with Crippen molar-refractivity contribution >= 4 is 11.9 Å². The van der Waals surface area contributed by atoms with E-state index in [0.717, 1.165) is 24.8 Å². The van der Waals surface area contributed by atoms with Crippen molar-refractivity contribution in [3.63, 3.8) is 0 Å². The third kappa shape index (κ3) is 3.82. The highest BCUT2D eigenvalue weighted by Crippen LogP contribution is 2.31. The number of hydrogen-bond donors (Lipinski definition) is 2. The predicted molar refractivity (Wildman–Crippen MR) is 79.2 cm³/mol. The average molecular weight is 290 g/mol. The van der Waals surface area contributed by atoms with Crippen LogP contribution in [0, 0.1) is 0 Å². The number of amides is 1. The minimum atomic E-state index is -1.16. The monoisotopic (exact) mass is 290 g/mol. The van der Waals surface area contributed by atoms with Crippen molar-refractivity contribution < 1.29 is 14.3 Å². The Hall–Kier alpha value is -1.88. The number of benzene rings is 1. The molecule has 21 heavy (non-hydrogen) atoms. The number of esters is 1. The van der Waals surface area contributed by atoms with Crippen LogP contribution in [0.1, 0.15) is 37.7 Å². The Bertz CT molecular complexity index is 496. The smallest absolute Gasteiger partial charge is 0.324 e. The first kappa shape index (κ1) is 15.5. The molecular weight excluding hydrogens is 268 g/mol. The van der Waals surface area contributed by atoms with Gasteiger partial charge in [0.2, 0.25) is 0 Å². The maximum Gasteiger partial charge on any atom is 0.324 e. The second-order valence-corrected chi connectivity index (χ2v) is 5.64. The van der Waals surface area contributed by atoms with Crippen molar-refractivity contribution in [2.45, 2.75) is 50.2 Å². The maximum atomic E-state index is 12.2. The second-order valence-electron chi connectivity index (χ2n) is 5.64. The van der Waals surface area contributed by atoms with E-state index in [0.29, 0.717) is 19.3 Å². The molecule has 1 amide bonds. The summed E-state index contributed by atoms with van der Waals surface area (Å²) in [5.41, 5.74) is 11.1. The first-order valence-electron chi connectivity index (χ1n) is 7.36. The van der Waals surface area contributed by atoms with Crippen LogP contribution in [-0.4, -0.2) is 23.5 Å². The van der Waals surface area contributed by atoms with Crippen LogP contribution in [0.5, 0.6) is 0 Å². The number of hydrogen-bond acceptors (Lipinski definition) is 4. The van der Waals surface area contributed by atoms with E-state index >= 15 is 0 Å². The molecule has 0 unspecified atom stereocenters. The van der Waals surface area contributed by atoms with Crippen molar-refractivity contribution in [2.24, 2.45) is 11.5 Å². The molecule has 1 atom stereocenters. The van der Waals surface area contributed by atoms with Crippen molar-refractivity contribution in [1.82, 2.24) is 0 Å². The zero-order valence-corrected chi connectivity index (χ0v) is 12.1. The van der Waals surface area contributed by atoms with Crippen LogP contribution in [0.15, 0.2) is 30.3 Å². The SMILES string of the molecule is NC(=O)C1(OC(=O)[C@@H](N)Cc2ccccc2)CCCCC1. The van der Waals surface area contributed by atoms with E-state index in [1.165, 1.54) is 0 Å². The van der Waals surface area contributed by atoms with Gasteiger partial charge in [0.25, 0.3) is 5.91 Å². The van der Waals surface area contributed by atoms with Crippen LogP contribution in [-0.2, 0) is 20.7 Å². The molecule has 2 rings (SSSR count). The summed E-state index contributed by atoms with van der Waals surface area (Å²) in [5, 5.41) is 0. The van der Waals surface area contributed by atoms with Gasteiger partial charge in [-0.15, -0.1) is 0 Å². The molecule has 0 spiro atoms. The number of rotatable bonds is 5. The molecule has 0 saturated heterocycles. The number of ether oxygens (including phenoxy) is 1. The highest BCUT2D eigenvalue weighted by atomic mass is 16.6. The normalized spacial score (nSPS) is 18.7. The van der Waals surface area contributed by atoms with E-state index < -0.39 is 23.5 Å². The number of carbonyl (C=O) groups is 2. The topological polar surface area (TPSA) is 95.4 Å². The summed E-state index contributed by atoms with van der Waals surface area (Å²) in [4.78, 5) is 23.9. The largest absolute Gasteiger partial charge is 0.448 e. The Kier molecular flexibility index (Phi) is 4.96. The van der Waals surface area contributed by atoms with Gasteiger partial charge in [0.1, 0.15) is 6.04 Å². The minimum absolute atomic E-state index is 0.383. The van der Waals surface area contributed by atoms with Gasteiger partial charge in [-0.05, 0) is 37.7 Å². The summed E-state index contributed by atoms with van der Waals surface area (Å²) in [7, 11) is 0. The number of primary amides is 1. The Labute approximate surface area is 124 Å². The molecular formula is C16H22N2O3. The first-order chi connectivity index (χ1) is 10.0. The van der Waals surface area contributed by atoms with Crippen molar-refractivity contribution in [3.05, 3.63) is 35.9 Å². The van der Waals surface area contributed by atoms with Crippen molar-refractivity contribution in [2.75, 3.05) is 0 Å². The molecule has 1 aromatic rings. The van der Waals surface area contributed by atoms with Gasteiger partial charge in [-0.2, -0.15) is 0 Å². The molecule has 0 heterocycles. The van der Waals surface area contributed by atoms with Gasteiger partial charge in [-0.3, -0.25) is 9.59 Å². The van der Waals surface area contributed by atoms with Gasteiger partial charge < -0.3 is 16.2 Å². The molecule has 114 valence electrons. The summed E-state index contributed by atoms with van der Waals surface area (Å²) in [6, 6.07) is 8.69. The minimum Gasteiger partial charge on any atom is -0.448 e. The molecule has 1 aliphatic rings. The Morgan fingerprint density at radius 3 is 2.33 bits per heavy atom. The lowest BCUT2D eigenvalue weighted by Crippen LogP contribution is -2.51. The summed E-state index contributed by atoms with van der Waals surface area (Å²) in [6.45, 7) is 0. The highest BCUT2D eigenvalue weighted by molar-refractivity contribution is 5.87. The van der Waals surface area contributed by atoms with E-state index in [1.54, 1.807) is 0 Å². The summed E-state index contributed by atoms with van der Waals surface area (Å²) >= 11 is 0. The molecule has 4 N–H and O–H groups in total. The van der Waals surface area contributed by atoms with Crippen LogP contribution in [0.4, 0.5) is 0 Å². The highest BCUT2D eigenvalue weighted by Gasteiger charge is 2.42. The fourth-order valence-electron chi connectivity index (χ4n) is 2.74. The predicted octanol–water partition coefficient (Wildman–Crippen LogP) is 1.29. The van der Waals surface area contributed by atoms with Crippen LogP contribution in [0.3, 0.4) is 0 Å². The molecule has 0 radical (unpaired) electrons. The van der Waals surface area contributed by atoms with Crippen LogP contribution in [0.2, 0.25) is 0 Å². The Morgan fingerprint density at radius 2 is 1.76 bits per heavy atom. The standard InChI is InChI=1S/C16H22N2O3/c17-13(11-12-7-3-1-4-8-12)14(19)21-16(15(18)20)9-5-2-6-10-16/h1,3-4,7-8,13H,2,5-6,9-11,17H2,(H2,18,20)/t13-/m0/s1. The van der Waals surface area contributed by atoms with Crippen LogP contribution in [0.25, 0.3) is 0 Å². The molecule has 1 saturated carbocycles. The number of nitrogens with two attached hydrogens (primary N) is 2. The molecule has 5 nitrogen and oxygen atoms in total. The lowest BCUT2D eigenvalue weighted by atomic mass is 9.84. The molecule has 5 heteroatoms. The Morgan fingerprint density at radius 1 is 1.14 bits per heavy atom. The van der Waals surface area contributed by atoms with Gasteiger partial charge in [-0.1, -0.05) is 36.8 Å². The fraction of sp³-hybridized carbons (Fsp3) is 0.500. The molecule has 1 aromatic carbocycles. The summed E-state index contributed by atoms with van der Waals surface area (Å²) in [6.07, 6.45) is 4.07. The van der Waals surface area contributed by atoms with Crippen LogP contribution < -0.4 is 11.5 Å². The second kappa shape index (κ2) is 6.72. The zero-order valence-electron chi connectivity index (χ0n) is 12.1. The van der Waals surface area contributed by atoms with Gasteiger partial charge >= 0.3 is 5.97 Å². The van der Waals surface area contributed by atoms with Gasteiger partial charge in [-0.25, -0.2) is 0 Å². The molecule has 0 aliphatic heterocycles.